The van der Waals surface area contributed by atoms with Gasteiger partial charge in [0.05, 0.1) is 12.5 Å². The largest absolute Gasteiger partial charge is 0.481 e. The Morgan fingerprint density at radius 2 is 1.67 bits per heavy atom. The second kappa shape index (κ2) is 4.94. The van der Waals surface area contributed by atoms with Crippen LogP contribution in [0.25, 0.3) is 0 Å². The van der Waals surface area contributed by atoms with E-state index in [0.29, 0.717) is 11.5 Å². The first-order chi connectivity index (χ1) is 7.00. The highest BCUT2D eigenvalue weighted by molar-refractivity contribution is 5.67. The number of hydrogen-bond donors (Lipinski definition) is 2. The summed E-state index contributed by atoms with van der Waals surface area (Å²) in [7, 11) is 0. The summed E-state index contributed by atoms with van der Waals surface area (Å²) in [4.78, 5) is 10.4. The van der Waals surface area contributed by atoms with Crippen LogP contribution in [-0.4, -0.2) is 16.2 Å². The highest BCUT2D eigenvalue weighted by Crippen LogP contribution is 2.20. The summed E-state index contributed by atoms with van der Waals surface area (Å²) < 4.78 is 0. The van der Waals surface area contributed by atoms with Gasteiger partial charge < -0.3 is 10.2 Å². The molecule has 0 aromatic heterocycles. The van der Waals surface area contributed by atoms with Crippen molar-refractivity contribution in [2.24, 2.45) is 0 Å². The number of carboxylic acid groups (broad SMARTS) is 1. The molecular formula is C12H16O3. The minimum atomic E-state index is -0.990. The van der Waals surface area contributed by atoms with Crippen LogP contribution in [0, 0.1) is 0 Å². The fourth-order valence-corrected chi connectivity index (χ4v) is 1.39. The van der Waals surface area contributed by atoms with Gasteiger partial charge in [-0.3, -0.25) is 4.79 Å². The molecule has 0 aliphatic carbocycles. The second-order valence-corrected chi connectivity index (χ2v) is 3.94. The zero-order valence-electron chi connectivity index (χ0n) is 8.97. The van der Waals surface area contributed by atoms with E-state index in [-0.39, 0.29) is 6.42 Å². The van der Waals surface area contributed by atoms with Crippen molar-refractivity contribution < 1.29 is 15.0 Å². The standard InChI is InChI=1S/C12H16O3/c1-8(2)9-3-5-10(6-4-9)11(13)7-12(14)15/h3-6,8,11,13H,7H2,1-2H3,(H,14,15)/t11-/m0/s1. The van der Waals surface area contributed by atoms with Gasteiger partial charge in [-0.1, -0.05) is 38.1 Å². The molecule has 0 aliphatic rings. The number of aliphatic carboxylic acids is 1. The zero-order valence-corrected chi connectivity index (χ0v) is 8.97. The van der Waals surface area contributed by atoms with Gasteiger partial charge in [0.2, 0.25) is 0 Å². The van der Waals surface area contributed by atoms with Gasteiger partial charge in [0.25, 0.3) is 0 Å². The van der Waals surface area contributed by atoms with E-state index >= 15 is 0 Å². The first-order valence-electron chi connectivity index (χ1n) is 5.00. The maximum absolute atomic E-state index is 10.4. The van der Waals surface area contributed by atoms with Crippen LogP contribution in [0.2, 0.25) is 0 Å². The molecular weight excluding hydrogens is 192 g/mol. The lowest BCUT2D eigenvalue weighted by molar-refractivity contribution is -0.139. The SMILES string of the molecule is CC(C)c1ccc([C@@H](O)CC(=O)O)cc1. The summed E-state index contributed by atoms with van der Waals surface area (Å²) in [6, 6.07) is 7.40. The minimum absolute atomic E-state index is 0.249. The number of carbonyl (C=O) groups is 1. The number of aliphatic hydroxyl groups is 1. The lowest BCUT2D eigenvalue weighted by Crippen LogP contribution is -2.05. The molecule has 1 rings (SSSR count). The fraction of sp³-hybridized carbons (Fsp3) is 0.417. The lowest BCUT2D eigenvalue weighted by Gasteiger charge is -2.10. The van der Waals surface area contributed by atoms with E-state index < -0.39 is 12.1 Å². The normalized spacial score (nSPS) is 12.8. The Balaban J connectivity index is 2.75. The molecule has 1 atom stereocenters. The van der Waals surface area contributed by atoms with Crippen molar-refractivity contribution in [3.63, 3.8) is 0 Å². The zero-order chi connectivity index (χ0) is 11.4. The van der Waals surface area contributed by atoms with Gasteiger partial charge in [0.15, 0.2) is 0 Å². The van der Waals surface area contributed by atoms with Crippen LogP contribution in [-0.2, 0) is 4.79 Å². The van der Waals surface area contributed by atoms with Crippen LogP contribution < -0.4 is 0 Å². The molecule has 2 N–H and O–H groups in total. The highest BCUT2D eigenvalue weighted by atomic mass is 16.4. The quantitative estimate of drug-likeness (QED) is 0.798. The smallest absolute Gasteiger partial charge is 0.306 e. The van der Waals surface area contributed by atoms with Gasteiger partial charge in [0, 0.05) is 0 Å². The van der Waals surface area contributed by atoms with Crippen LogP contribution in [0.4, 0.5) is 0 Å². The van der Waals surface area contributed by atoms with Crippen LogP contribution in [0.15, 0.2) is 24.3 Å². The number of aliphatic hydroxyl groups excluding tert-OH is 1. The van der Waals surface area contributed by atoms with E-state index in [1.807, 2.05) is 12.1 Å². The molecule has 15 heavy (non-hydrogen) atoms. The Labute approximate surface area is 89.4 Å². The molecule has 0 unspecified atom stereocenters. The lowest BCUT2D eigenvalue weighted by atomic mass is 9.99. The Hall–Kier alpha value is -1.35. The predicted octanol–water partition coefficient (Wildman–Crippen LogP) is 2.32. The van der Waals surface area contributed by atoms with Crippen LogP contribution >= 0.6 is 0 Å². The molecule has 0 spiro atoms. The molecule has 0 saturated carbocycles. The monoisotopic (exact) mass is 208 g/mol. The molecule has 82 valence electrons. The third-order valence-corrected chi connectivity index (χ3v) is 2.36. The third-order valence-electron chi connectivity index (χ3n) is 2.36. The first kappa shape index (κ1) is 11.7. The molecule has 0 bridgehead atoms. The molecule has 1 aromatic carbocycles. The van der Waals surface area contributed by atoms with Crippen molar-refractivity contribution in [2.75, 3.05) is 0 Å². The molecule has 0 fully saturated rings. The molecule has 0 radical (unpaired) electrons. The summed E-state index contributed by atoms with van der Waals surface area (Å²) in [6.07, 6.45) is -1.16. The van der Waals surface area contributed by atoms with Gasteiger partial charge in [-0.05, 0) is 17.0 Å². The van der Waals surface area contributed by atoms with Crippen LogP contribution in [0.1, 0.15) is 43.4 Å². The molecule has 0 heterocycles. The molecule has 0 saturated heterocycles. The Morgan fingerprint density at radius 1 is 1.20 bits per heavy atom. The van der Waals surface area contributed by atoms with E-state index in [9.17, 15) is 9.90 Å². The van der Waals surface area contributed by atoms with Crippen molar-refractivity contribution in [3.05, 3.63) is 35.4 Å². The topological polar surface area (TPSA) is 57.5 Å². The average Bonchev–Trinajstić information content (AvgIpc) is 2.17. The van der Waals surface area contributed by atoms with Gasteiger partial charge in [-0.25, -0.2) is 0 Å². The maximum Gasteiger partial charge on any atom is 0.306 e. The predicted molar refractivity (Wildman–Crippen MR) is 57.7 cm³/mol. The number of benzene rings is 1. The third kappa shape index (κ3) is 3.36. The fourth-order valence-electron chi connectivity index (χ4n) is 1.39. The van der Waals surface area contributed by atoms with E-state index in [1.165, 1.54) is 5.56 Å². The maximum atomic E-state index is 10.4. The summed E-state index contributed by atoms with van der Waals surface area (Å²) in [5.74, 6) is -0.550. The summed E-state index contributed by atoms with van der Waals surface area (Å²) in [5, 5.41) is 18.1. The first-order valence-corrected chi connectivity index (χ1v) is 5.00. The average molecular weight is 208 g/mol. The Kier molecular flexibility index (Phi) is 3.86. The van der Waals surface area contributed by atoms with Crippen LogP contribution in [0.5, 0.6) is 0 Å². The van der Waals surface area contributed by atoms with Crippen LogP contribution in [0.3, 0.4) is 0 Å². The summed E-state index contributed by atoms with van der Waals surface area (Å²) in [6.45, 7) is 4.17. The van der Waals surface area contributed by atoms with Crippen molar-refractivity contribution in [3.8, 4) is 0 Å². The van der Waals surface area contributed by atoms with E-state index in [2.05, 4.69) is 13.8 Å². The molecule has 0 aliphatic heterocycles. The van der Waals surface area contributed by atoms with Gasteiger partial charge in [-0.2, -0.15) is 0 Å². The molecule has 1 aromatic rings. The van der Waals surface area contributed by atoms with Crippen molar-refractivity contribution in [1.29, 1.82) is 0 Å². The van der Waals surface area contributed by atoms with Gasteiger partial charge >= 0.3 is 5.97 Å². The van der Waals surface area contributed by atoms with E-state index in [1.54, 1.807) is 12.1 Å². The van der Waals surface area contributed by atoms with Gasteiger partial charge in [0.1, 0.15) is 0 Å². The summed E-state index contributed by atoms with van der Waals surface area (Å²) in [5.41, 5.74) is 1.84. The summed E-state index contributed by atoms with van der Waals surface area (Å²) >= 11 is 0. The Morgan fingerprint density at radius 3 is 2.07 bits per heavy atom. The molecule has 0 amide bonds. The Bertz CT molecular complexity index is 327. The number of carboxylic acids is 1. The van der Waals surface area contributed by atoms with Gasteiger partial charge in [-0.15, -0.1) is 0 Å². The second-order valence-electron chi connectivity index (χ2n) is 3.94. The van der Waals surface area contributed by atoms with Crippen molar-refractivity contribution >= 4 is 5.97 Å². The molecule has 3 heteroatoms. The minimum Gasteiger partial charge on any atom is -0.481 e. The van der Waals surface area contributed by atoms with E-state index in [4.69, 9.17) is 5.11 Å². The van der Waals surface area contributed by atoms with Crippen molar-refractivity contribution in [2.45, 2.75) is 32.3 Å². The number of hydrogen-bond acceptors (Lipinski definition) is 2. The van der Waals surface area contributed by atoms with Crippen molar-refractivity contribution in [1.82, 2.24) is 0 Å². The van der Waals surface area contributed by atoms with E-state index in [0.717, 1.165) is 0 Å². The number of rotatable bonds is 4. The highest BCUT2D eigenvalue weighted by Gasteiger charge is 2.11. The molecule has 3 nitrogen and oxygen atoms in total.